The Kier molecular flexibility index (Phi) is 2.52. The van der Waals surface area contributed by atoms with Gasteiger partial charge in [0.25, 0.3) is 5.24 Å². The summed E-state index contributed by atoms with van der Waals surface area (Å²) in [5.74, 6) is 1.21. The van der Waals surface area contributed by atoms with Crippen LogP contribution in [0.3, 0.4) is 0 Å². The van der Waals surface area contributed by atoms with Gasteiger partial charge in [-0.15, -0.1) is 0 Å². The molecule has 1 heterocycles. The highest BCUT2D eigenvalue weighted by molar-refractivity contribution is 6.67. The van der Waals surface area contributed by atoms with E-state index in [0.717, 1.165) is 0 Å². The Labute approximate surface area is 75.7 Å². The molecule has 66 valence electrons. The Morgan fingerprint density at radius 1 is 1.58 bits per heavy atom. The van der Waals surface area contributed by atoms with Crippen LogP contribution < -0.4 is 0 Å². The van der Waals surface area contributed by atoms with Crippen LogP contribution in [0.1, 0.15) is 41.9 Å². The molecule has 0 aliphatic rings. The van der Waals surface area contributed by atoms with E-state index in [0.29, 0.717) is 11.7 Å². The predicted octanol–water partition coefficient (Wildman–Crippen LogP) is 2.49. The number of nitrogens with zero attached hydrogens (tertiary/aromatic N) is 1. The minimum atomic E-state index is -0.567. The summed E-state index contributed by atoms with van der Waals surface area (Å²) in [5.41, 5.74) is 0.223. The maximum atomic E-state index is 10.7. The lowest BCUT2D eigenvalue weighted by molar-refractivity contribution is 0.107. The minimum absolute atomic E-state index is 0.175. The molecule has 4 heteroatoms. The smallest absolute Gasteiger partial charge is 0.274 e. The molecular formula is C8H10ClNO2. The number of carbonyl (C=O) groups excluding carboxylic acids is 1. The first-order valence-electron chi connectivity index (χ1n) is 3.69. The number of hydrogen-bond acceptors (Lipinski definition) is 3. The van der Waals surface area contributed by atoms with Crippen molar-refractivity contribution >= 4 is 16.8 Å². The highest BCUT2D eigenvalue weighted by atomic mass is 35.5. The molecule has 0 saturated carbocycles. The van der Waals surface area contributed by atoms with E-state index in [2.05, 4.69) is 4.98 Å². The van der Waals surface area contributed by atoms with Gasteiger partial charge < -0.3 is 4.42 Å². The van der Waals surface area contributed by atoms with E-state index < -0.39 is 5.24 Å². The molecule has 0 aromatic carbocycles. The Morgan fingerprint density at radius 3 is 2.42 bits per heavy atom. The molecule has 0 saturated heterocycles. The largest absolute Gasteiger partial charge is 0.445 e. The van der Waals surface area contributed by atoms with Crippen LogP contribution in [0.25, 0.3) is 0 Å². The van der Waals surface area contributed by atoms with Crippen molar-refractivity contribution in [3.63, 3.8) is 0 Å². The van der Waals surface area contributed by atoms with E-state index >= 15 is 0 Å². The fourth-order valence-electron chi connectivity index (χ4n) is 0.846. The van der Waals surface area contributed by atoms with Crippen LogP contribution in [0.15, 0.2) is 4.42 Å². The Balaban J connectivity index is 3.09. The monoisotopic (exact) mass is 187 g/mol. The zero-order valence-electron chi connectivity index (χ0n) is 7.22. The average Bonchev–Trinajstić information content (AvgIpc) is 2.30. The third kappa shape index (κ3) is 1.67. The predicted molar refractivity (Wildman–Crippen MR) is 45.5 cm³/mol. The van der Waals surface area contributed by atoms with Gasteiger partial charge in [-0.3, -0.25) is 4.79 Å². The first-order chi connectivity index (χ1) is 5.52. The van der Waals surface area contributed by atoms with Crippen LogP contribution in [-0.2, 0) is 0 Å². The lowest BCUT2D eigenvalue weighted by Gasteiger charge is -1.93. The number of oxazole rings is 1. The van der Waals surface area contributed by atoms with Gasteiger partial charge in [-0.05, 0) is 18.5 Å². The summed E-state index contributed by atoms with van der Waals surface area (Å²) >= 11 is 5.27. The number of hydrogen-bond donors (Lipinski definition) is 0. The Hall–Kier alpha value is -0.830. The molecule has 0 unspecified atom stereocenters. The summed E-state index contributed by atoms with van der Waals surface area (Å²) in [7, 11) is 0. The van der Waals surface area contributed by atoms with Crippen molar-refractivity contribution in [3.05, 3.63) is 17.3 Å². The van der Waals surface area contributed by atoms with Gasteiger partial charge in [0.2, 0.25) is 0 Å². The van der Waals surface area contributed by atoms with Crippen LogP contribution in [0.5, 0.6) is 0 Å². The summed E-state index contributed by atoms with van der Waals surface area (Å²) in [6.07, 6.45) is 0. The molecule has 3 nitrogen and oxygen atoms in total. The van der Waals surface area contributed by atoms with Crippen LogP contribution in [0, 0.1) is 6.92 Å². The summed E-state index contributed by atoms with van der Waals surface area (Å²) in [4.78, 5) is 14.7. The molecule has 0 atom stereocenters. The SMILES string of the molecule is Cc1oc(C(C)C)nc1C(=O)Cl. The van der Waals surface area contributed by atoms with E-state index in [4.69, 9.17) is 16.0 Å². The van der Waals surface area contributed by atoms with Gasteiger partial charge in [0.1, 0.15) is 5.76 Å². The van der Waals surface area contributed by atoms with E-state index in [1.165, 1.54) is 0 Å². The van der Waals surface area contributed by atoms with Gasteiger partial charge in [-0.25, -0.2) is 4.98 Å². The molecule has 0 amide bonds. The molecule has 0 fully saturated rings. The Morgan fingerprint density at radius 2 is 2.17 bits per heavy atom. The number of aromatic nitrogens is 1. The molecule has 0 aliphatic carbocycles. The lowest BCUT2D eigenvalue weighted by atomic mass is 10.2. The summed E-state index contributed by atoms with van der Waals surface area (Å²) < 4.78 is 5.22. The molecule has 1 aromatic heterocycles. The van der Waals surface area contributed by atoms with Gasteiger partial charge >= 0.3 is 0 Å². The number of carbonyl (C=O) groups is 1. The van der Waals surface area contributed by atoms with E-state index in [1.807, 2.05) is 13.8 Å². The van der Waals surface area contributed by atoms with E-state index in [1.54, 1.807) is 6.92 Å². The second-order valence-corrected chi connectivity index (χ2v) is 3.23. The van der Waals surface area contributed by atoms with Gasteiger partial charge in [0.05, 0.1) is 0 Å². The van der Waals surface area contributed by atoms with Crippen molar-refractivity contribution < 1.29 is 9.21 Å². The minimum Gasteiger partial charge on any atom is -0.445 e. The molecule has 0 aliphatic heterocycles. The maximum Gasteiger partial charge on any atom is 0.274 e. The molecule has 0 radical (unpaired) electrons. The average molecular weight is 188 g/mol. The lowest BCUT2D eigenvalue weighted by Crippen LogP contribution is -1.93. The second-order valence-electron chi connectivity index (χ2n) is 2.89. The molecule has 12 heavy (non-hydrogen) atoms. The van der Waals surface area contributed by atoms with E-state index in [-0.39, 0.29) is 11.6 Å². The van der Waals surface area contributed by atoms with E-state index in [9.17, 15) is 4.79 Å². The number of rotatable bonds is 2. The van der Waals surface area contributed by atoms with Crippen molar-refractivity contribution in [1.29, 1.82) is 0 Å². The topological polar surface area (TPSA) is 43.1 Å². The molecule has 0 N–H and O–H groups in total. The highest BCUT2D eigenvalue weighted by Gasteiger charge is 2.16. The zero-order valence-corrected chi connectivity index (χ0v) is 7.97. The van der Waals surface area contributed by atoms with Gasteiger partial charge in [0, 0.05) is 5.92 Å². The first kappa shape index (κ1) is 9.26. The van der Waals surface area contributed by atoms with Gasteiger partial charge in [0.15, 0.2) is 11.6 Å². The van der Waals surface area contributed by atoms with Gasteiger partial charge in [-0.1, -0.05) is 13.8 Å². The van der Waals surface area contributed by atoms with Crippen molar-refractivity contribution in [2.45, 2.75) is 26.7 Å². The highest BCUT2D eigenvalue weighted by Crippen LogP contribution is 2.18. The van der Waals surface area contributed by atoms with Crippen LogP contribution in [0.2, 0.25) is 0 Å². The van der Waals surface area contributed by atoms with Crippen LogP contribution in [0.4, 0.5) is 0 Å². The van der Waals surface area contributed by atoms with Crippen molar-refractivity contribution in [2.24, 2.45) is 0 Å². The number of halogens is 1. The van der Waals surface area contributed by atoms with Crippen LogP contribution in [-0.4, -0.2) is 10.2 Å². The number of aryl methyl sites for hydroxylation is 1. The molecule has 1 rings (SSSR count). The molecule has 1 aromatic rings. The molecule has 0 bridgehead atoms. The second kappa shape index (κ2) is 3.27. The summed E-state index contributed by atoms with van der Waals surface area (Å²) in [6, 6.07) is 0. The fraction of sp³-hybridized carbons (Fsp3) is 0.500. The maximum absolute atomic E-state index is 10.7. The van der Waals surface area contributed by atoms with Crippen molar-refractivity contribution in [1.82, 2.24) is 4.98 Å². The summed E-state index contributed by atoms with van der Waals surface area (Å²) in [5, 5.41) is -0.567. The molecular weight excluding hydrogens is 178 g/mol. The third-order valence-corrected chi connectivity index (χ3v) is 1.67. The standard InChI is InChI=1S/C8H10ClNO2/c1-4(2)8-10-6(7(9)11)5(3)12-8/h4H,1-3H3. The Bertz CT molecular complexity index is 304. The fourth-order valence-corrected chi connectivity index (χ4v) is 1.02. The van der Waals surface area contributed by atoms with Crippen molar-refractivity contribution in [2.75, 3.05) is 0 Å². The normalized spacial score (nSPS) is 10.8. The summed E-state index contributed by atoms with van der Waals surface area (Å²) in [6.45, 7) is 5.55. The van der Waals surface area contributed by atoms with Gasteiger partial charge in [-0.2, -0.15) is 0 Å². The quantitative estimate of drug-likeness (QED) is 0.668. The van der Waals surface area contributed by atoms with Crippen LogP contribution >= 0.6 is 11.6 Å². The molecule has 0 spiro atoms. The first-order valence-corrected chi connectivity index (χ1v) is 4.07. The zero-order chi connectivity index (χ0) is 9.30. The van der Waals surface area contributed by atoms with Crippen molar-refractivity contribution in [3.8, 4) is 0 Å². The third-order valence-electron chi connectivity index (χ3n) is 1.49.